The standard InChI is InChI=1S/C11H9BrCl2FN/c1-10(2)11(13,14)8-5-6(15)3-4-7(8)9(12)16-10/h3-5H,1-2H3. The summed E-state index contributed by atoms with van der Waals surface area (Å²) in [6, 6.07) is 4.33. The SMILES string of the molecule is CC1(C)N=C(Br)c2ccc(F)cc2C1(Cl)Cl. The maximum Gasteiger partial charge on any atom is 0.168 e. The molecule has 0 saturated carbocycles. The van der Waals surface area contributed by atoms with E-state index in [1.165, 1.54) is 12.1 Å². The summed E-state index contributed by atoms with van der Waals surface area (Å²) >= 11 is 16.0. The molecule has 86 valence electrons. The zero-order valence-electron chi connectivity index (χ0n) is 8.69. The summed E-state index contributed by atoms with van der Waals surface area (Å²) in [6.07, 6.45) is 0. The predicted octanol–water partition coefficient (Wildman–Crippen LogP) is 4.39. The molecule has 0 bridgehead atoms. The van der Waals surface area contributed by atoms with E-state index < -0.39 is 9.87 Å². The number of nitrogens with zero attached hydrogens (tertiary/aromatic N) is 1. The molecule has 1 heterocycles. The molecule has 0 spiro atoms. The summed E-state index contributed by atoms with van der Waals surface area (Å²) in [6.45, 7) is 3.62. The molecule has 0 radical (unpaired) electrons. The lowest BCUT2D eigenvalue weighted by Gasteiger charge is -2.39. The number of aliphatic imine (C=N–C) groups is 1. The molecule has 0 saturated heterocycles. The molecule has 1 nitrogen and oxygen atoms in total. The minimum Gasteiger partial charge on any atom is -0.268 e. The number of rotatable bonds is 0. The smallest absolute Gasteiger partial charge is 0.168 e. The highest BCUT2D eigenvalue weighted by atomic mass is 79.9. The van der Waals surface area contributed by atoms with Gasteiger partial charge in [-0.25, -0.2) is 4.39 Å². The number of benzene rings is 1. The third-order valence-electron chi connectivity index (χ3n) is 2.69. The highest BCUT2D eigenvalue weighted by Gasteiger charge is 2.48. The molecule has 0 aliphatic carbocycles. The number of halogens is 4. The van der Waals surface area contributed by atoms with E-state index in [0.717, 1.165) is 5.56 Å². The lowest BCUT2D eigenvalue weighted by Crippen LogP contribution is -2.41. The average Bonchev–Trinajstić information content (AvgIpc) is 2.14. The summed E-state index contributed by atoms with van der Waals surface area (Å²) in [7, 11) is 0. The molecule has 0 aromatic heterocycles. The Morgan fingerprint density at radius 2 is 1.94 bits per heavy atom. The van der Waals surface area contributed by atoms with Gasteiger partial charge in [-0.05, 0) is 48.0 Å². The highest BCUT2D eigenvalue weighted by molar-refractivity contribution is 9.18. The van der Waals surface area contributed by atoms with E-state index in [1.54, 1.807) is 6.07 Å². The number of hydrogen-bond acceptors (Lipinski definition) is 1. The van der Waals surface area contributed by atoms with Crippen molar-refractivity contribution >= 4 is 43.8 Å². The molecule has 16 heavy (non-hydrogen) atoms. The van der Waals surface area contributed by atoms with E-state index in [2.05, 4.69) is 20.9 Å². The second-order valence-electron chi connectivity index (χ2n) is 4.23. The molecule has 1 aliphatic heterocycles. The average molecular weight is 325 g/mol. The zero-order chi connectivity index (χ0) is 12.1. The van der Waals surface area contributed by atoms with Gasteiger partial charge in [0.2, 0.25) is 0 Å². The van der Waals surface area contributed by atoms with Crippen molar-refractivity contribution in [1.29, 1.82) is 0 Å². The summed E-state index contributed by atoms with van der Waals surface area (Å²) in [4.78, 5) is 4.39. The van der Waals surface area contributed by atoms with Crippen molar-refractivity contribution in [2.45, 2.75) is 23.7 Å². The zero-order valence-corrected chi connectivity index (χ0v) is 11.8. The van der Waals surface area contributed by atoms with Crippen LogP contribution in [0, 0.1) is 5.82 Å². The van der Waals surface area contributed by atoms with Crippen LogP contribution in [0.25, 0.3) is 0 Å². The molecular formula is C11H9BrCl2FN. The van der Waals surface area contributed by atoms with Gasteiger partial charge in [-0.2, -0.15) is 0 Å². The summed E-state index contributed by atoms with van der Waals surface area (Å²) in [5.41, 5.74) is 0.559. The van der Waals surface area contributed by atoms with Gasteiger partial charge in [-0.3, -0.25) is 4.99 Å². The van der Waals surface area contributed by atoms with Crippen LogP contribution in [0.2, 0.25) is 0 Å². The van der Waals surface area contributed by atoms with Crippen LogP contribution in [-0.4, -0.2) is 10.2 Å². The minimum absolute atomic E-state index is 0.359. The molecule has 1 aromatic rings. The van der Waals surface area contributed by atoms with Gasteiger partial charge in [0.25, 0.3) is 0 Å². The topological polar surface area (TPSA) is 12.4 Å². The Labute approximate surface area is 112 Å². The maximum atomic E-state index is 13.2. The molecule has 0 amide bonds. The van der Waals surface area contributed by atoms with Crippen molar-refractivity contribution in [1.82, 2.24) is 0 Å². The Morgan fingerprint density at radius 3 is 2.56 bits per heavy atom. The monoisotopic (exact) mass is 323 g/mol. The second kappa shape index (κ2) is 3.69. The van der Waals surface area contributed by atoms with E-state index >= 15 is 0 Å². The number of alkyl halides is 2. The molecule has 2 rings (SSSR count). The minimum atomic E-state index is -1.23. The van der Waals surface area contributed by atoms with Crippen LogP contribution in [0.3, 0.4) is 0 Å². The number of fused-ring (bicyclic) bond motifs is 1. The molecule has 1 aliphatic rings. The van der Waals surface area contributed by atoms with Crippen LogP contribution in [0.15, 0.2) is 23.2 Å². The van der Waals surface area contributed by atoms with Crippen molar-refractivity contribution in [2.75, 3.05) is 0 Å². The molecule has 5 heteroatoms. The predicted molar refractivity (Wildman–Crippen MR) is 69.3 cm³/mol. The van der Waals surface area contributed by atoms with Gasteiger partial charge in [-0.1, -0.05) is 23.2 Å². The van der Waals surface area contributed by atoms with E-state index in [9.17, 15) is 4.39 Å². The first kappa shape index (κ1) is 12.3. The lowest BCUT2D eigenvalue weighted by atomic mass is 9.88. The van der Waals surface area contributed by atoms with Gasteiger partial charge in [0.15, 0.2) is 4.33 Å². The maximum absolute atomic E-state index is 13.2. The van der Waals surface area contributed by atoms with Crippen molar-refractivity contribution in [3.05, 3.63) is 35.1 Å². The van der Waals surface area contributed by atoms with Crippen molar-refractivity contribution in [2.24, 2.45) is 4.99 Å². The third kappa shape index (κ3) is 1.69. The fourth-order valence-electron chi connectivity index (χ4n) is 1.66. The van der Waals surface area contributed by atoms with Gasteiger partial charge < -0.3 is 0 Å². The molecule has 0 unspecified atom stereocenters. The first-order valence-corrected chi connectivity index (χ1v) is 6.24. The van der Waals surface area contributed by atoms with Crippen LogP contribution in [0.1, 0.15) is 25.0 Å². The second-order valence-corrected chi connectivity index (χ2v) is 6.30. The van der Waals surface area contributed by atoms with Gasteiger partial charge in [-0.15, -0.1) is 0 Å². The fourth-order valence-corrected chi connectivity index (χ4v) is 2.85. The summed E-state index contributed by atoms with van der Waals surface area (Å²) in [5, 5.41) is 0. The molecular weight excluding hydrogens is 316 g/mol. The Hall–Kier alpha value is -0.120. The normalized spacial score (nSPS) is 21.2. The van der Waals surface area contributed by atoms with Crippen LogP contribution in [0.4, 0.5) is 4.39 Å². The Morgan fingerprint density at radius 1 is 1.31 bits per heavy atom. The Bertz CT molecular complexity index is 483. The van der Waals surface area contributed by atoms with Crippen molar-refractivity contribution < 1.29 is 4.39 Å². The van der Waals surface area contributed by atoms with Crippen LogP contribution >= 0.6 is 39.1 Å². The van der Waals surface area contributed by atoms with Crippen LogP contribution in [0.5, 0.6) is 0 Å². The molecule has 0 fully saturated rings. The van der Waals surface area contributed by atoms with Crippen LogP contribution < -0.4 is 0 Å². The number of hydrogen-bond donors (Lipinski definition) is 0. The largest absolute Gasteiger partial charge is 0.268 e. The van der Waals surface area contributed by atoms with E-state index in [0.29, 0.717) is 10.2 Å². The summed E-state index contributed by atoms with van der Waals surface area (Å²) in [5.74, 6) is -0.359. The van der Waals surface area contributed by atoms with Crippen molar-refractivity contribution in [3.8, 4) is 0 Å². The molecule has 1 aromatic carbocycles. The van der Waals surface area contributed by atoms with E-state index in [-0.39, 0.29) is 5.82 Å². The Kier molecular flexibility index (Phi) is 2.84. The fraction of sp³-hybridized carbons (Fsp3) is 0.364. The van der Waals surface area contributed by atoms with Gasteiger partial charge >= 0.3 is 0 Å². The quantitative estimate of drug-likeness (QED) is 0.628. The molecule has 0 atom stereocenters. The van der Waals surface area contributed by atoms with Gasteiger partial charge in [0.05, 0.1) is 5.54 Å². The first-order chi connectivity index (χ1) is 7.25. The van der Waals surface area contributed by atoms with E-state index in [4.69, 9.17) is 23.2 Å². The lowest BCUT2D eigenvalue weighted by molar-refractivity contribution is 0.457. The molecule has 0 N–H and O–H groups in total. The highest BCUT2D eigenvalue weighted by Crippen LogP contribution is 2.50. The van der Waals surface area contributed by atoms with Crippen LogP contribution in [-0.2, 0) is 4.33 Å². The third-order valence-corrected chi connectivity index (χ3v) is 4.62. The van der Waals surface area contributed by atoms with E-state index in [1.807, 2.05) is 13.8 Å². The van der Waals surface area contributed by atoms with Gasteiger partial charge in [0, 0.05) is 11.1 Å². The van der Waals surface area contributed by atoms with Gasteiger partial charge in [0.1, 0.15) is 10.4 Å². The Balaban J connectivity index is 2.75. The van der Waals surface area contributed by atoms with Crippen molar-refractivity contribution in [3.63, 3.8) is 0 Å². The first-order valence-electron chi connectivity index (χ1n) is 4.69. The summed E-state index contributed by atoms with van der Waals surface area (Å²) < 4.78 is 12.7.